The first kappa shape index (κ1) is 32.0. The summed E-state index contributed by atoms with van der Waals surface area (Å²) < 4.78 is 0. The number of anilines is 3. The van der Waals surface area contributed by atoms with E-state index in [0.29, 0.717) is 12.4 Å². The number of para-hydroxylation sites is 3. The Morgan fingerprint density at radius 3 is 2.12 bits per heavy atom. The molecule has 0 atom stereocenters. The lowest BCUT2D eigenvalue weighted by Gasteiger charge is -2.30. The van der Waals surface area contributed by atoms with E-state index in [-0.39, 0.29) is 0 Å². The summed E-state index contributed by atoms with van der Waals surface area (Å²) in [6.07, 6.45) is 11.9. The molecule has 50 heavy (non-hydrogen) atoms. The summed E-state index contributed by atoms with van der Waals surface area (Å²) >= 11 is 0. The van der Waals surface area contributed by atoms with Gasteiger partial charge in [-0.15, -0.1) is 0 Å². The monoisotopic (exact) mass is 647 g/mol. The molecule has 0 amide bonds. The number of benzene rings is 5. The Hall–Kier alpha value is -6.59. The number of fused-ring (bicyclic) bond motifs is 2. The van der Waals surface area contributed by atoms with Crippen LogP contribution < -0.4 is 9.80 Å². The van der Waals surface area contributed by atoms with E-state index < -0.39 is 0 Å². The summed E-state index contributed by atoms with van der Waals surface area (Å²) in [6.45, 7) is 11.6. The Kier molecular flexibility index (Phi) is 9.38. The van der Waals surface area contributed by atoms with Crippen LogP contribution >= 0.6 is 0 Å². The summed E-state index contributed by atoms with van der Waals surface area (Å²) in [7, 11) is 0. The number of nitrogens with zero attached hydrogens (tertiary/aromatic N) is 5. The smallest absolute Gasteiger partial charge is 0.156 e. The van der Waals surface area contributed by atoms with Crippen molar-refractivity contribution in [3.05, 3.63) is 211 Å². The second-order valence-electron chi connectivity index (χ2n) is 11.9. The second-order valence-corrected chi connectivity index (χ2v) is 11.9. The molecule has 5 aromatic carbocycles. The summed E-state index contributed by atoms with van der Waals surface area (Å²) in [6, 6.07) is 45.2. The van der Waals surface area contributed by atoms with Crippen LogP contribution in [0.3, 0.4) is 0 Å². The van der Waals surface area contributed by atoms with Crippen LogP contribution in [0.1, 0.15) is 34.7 Å². The zero-order valence-electron chi connectivity index (χ0n) is 28.0. The Morgan fingerprint density at radius 1 is 0.680 bits per heavy atom. The topological polar surface area (TPSA) is 43.6 Å². The zero-order valence-corrected chi connectivity index (χ0v) is 28.0. The van der Waals surface area contributed by atoms with Gasteiger partial charge >= 0.3 is 0 Å². The maximum absolute atomic E-state index is 5.20. The molecule has 5 nitrogen and oxygen atoms in total. The first-order valence-corrected chi connectivity index (χ1v) is 16.6. The fraction of sp³-hybridized carbons (Fsp3) is 0.0444. The lowest BCUT2D eigenvalue weighted by molar-refractivity contribution is 1.06. The van der Waals surface area contributed by atoms with Gasteiger partial charge < -0.3 is 9.80 Å². The standard InChI is InChI=1S/C45H37N5/c1-33-18-15-16-30-49(35(3)48-45(37-21-9-5-10-22-37)47-32-36-19-7-4-8-20-36)44-39(33)26-17-27-41(44)43-34(2)40-25-13-14-28-42(40)50(31-29-46-43)38-23-11-6-12-24-38/h4-31H,1-2,32H2,3H3/b18-15-,30-16-,31-29-,46-43?,47-45?,48-35?. The Bertz CT molecular complexity index is 2220. The molecule has 0 bridgehead atoms. The van der Waals surface area contributed by atoms with Crippen molar-refractivity contribution in [1.29, 1.82) is 0 Å². The Balaban J connectivity index is 1.37. The molecule has 0 aromatic heterocycles. The van der Waals surface area contributed by atoms with Gasteiger partial charge in [-0.05, 0) is 42.3 Å². The van der Waals surface area contributed by atoms with Crippen molar-refractivity contribution in [3.8, 4) is 0 Å². The number of aliphatic imine (C=N–C) groups is 3. The highest BCUT2D eigenvalue weighted by atomic mass is 15.2. The fourth-order valence-corrected chi connectivity index (χ4v) is 6.17. The maximum Gasteiger partial charge on any atom is 0.156 e. The first-order valence-electron chi connectivity index (χ1n) is 16.6. The molecule has 242 valence electrons. The van der Waals surface area contributed by atoms with Crippen molar-refractivity contribution >= 4 is 45.6 Å². The molecular weight excluding hydrogens is 611 g/mol. The van der Waals surface area contributed by atoms with E-state index >= 15 is 0 Å². The molecule has 0 spiro atoms. The van der Waals surface area contributed by atoms with Gasteiger partial charge in [-0.3, -0.25) is 9.98 Å². The third-order valence-electron chi connectivity index (χ3n) is 8.65. The quantitative estimate of drug-likeness (QED) is 0.141. The third-order valence-corrected chi connectivity index (χ3v) is 8.65. The molecule has 0 N–H and O–H groups in total. The molecule has 2 aliphatic heterocycles. The summed E-state index contributed by atoms with van der Waals surface area (Å²) in [5, 5.41) is 0. The van der Waals surface area contributed by atoms with Crippen molar-refractivity contribution in [3.63, 3.8) is 0 Å². The first-order chi connectivity index (χ1) is 24.6. The Labute approximate surface area is 294 Å². The SMILES string of the molecule is C=C1C(c2cccc3c2N(C(C)=NC(=NCc2ccccc2)c2ccccc2)/C=C\C=C/C3=C)=N/C=C\N(c2ccccc2)c2ccccc21. The molecule has 0 aliphatic carbocycles. The molecule has 0 fully saturated rings. The number of hydrogen-bond acceptors (Lipinski definition) is 3. The van der Waals surface area contributed by atoms with Gasteiger partial charge in [0.2, 0.25) is 0 Å². The van der Waals surface area contributed by atoms with Crippen LogP contribution in [0, 0.1) is 0 Å². The van der Waals surface area contributed by atoms with Gasteiger partial charge in [0.05, 0.1) is 23.6 Å². The van der Waals surface area contributed by atoms with E-state index in [1.54, 1.807) is 0 Å². The van der Waals surface area contributed by atoms with Crippen LogP contribution in [0.4, 0.5) is 17.1 Å². The zero-order chi connectivity index (χ0) is 34.3. The van der Waals surface area contributed by atoms with Gasteiger partial charge in [-0.2, -0.15) is 0 Å². The van der Waals surface area contributed by atoms with Gasteiger partial charge in [-0.25, -0.2) is 4.99 Å². The van der Waals surface area contributed by atoms with Gasteiger partial charge in [0.25, 0.3) is 0 Å². The van der Waals surface area contributed by atoms with Crippen LogP contribution in [0.2, 0.25) is 0 Å². The molecule has 5 aromatic rings. The highest BCUT2D eigenvalue weighted by Crippen LogP contribution is 2.39. The van der Waals surface area contributed by atoms with Gasteiger partial charge in [0.1, 0.15) is 5.84 Å². The van der Waals surface area contributed by atoms with Crippen LogP contribution in [-0.4, -0.2) is 17.4 Å². The minimum atomic E-state index is 0.515. The molecule has 5 heteroatoms. The summed E-state index contributed by atoms with van der Waals surface area (Å²) in [5.74, 6) is 1.40. The molecule has 2 heterocycles. The molecule has 0 radical (unpaired) electrons. The third kappa shape index (κ3) is 6.71. The highest BCUT2D eigenvalue weighted by molar-refractivity contribution is 6.35. The van der Waals surface area contributed by atoms with Crippen LogP contribution in [0.15, 0.2) is 198 Å². The van der Waals surface area contributed by atoms with Gasteiger partial charge in [0.15, 0.2) is 5.84 Å². The van der Waals surface area contributed by atoms with Gasteiger partial charge in [-0.1, -0.05) is 141 Å². The lowest BCUT2D eigenvalue weighted by Crippen LogP contribution is -2.27. The predicted octanol–water partition coefficient (Wildman–Crippen LogP) is 10.8. The predicted molar refractivity (Wildman–Crippen MR) is 212 cm³/mol. The van der Waals surface area contributed by atoms with Crippen molar-refractivity contribution in [2.24, 2.45) is 15.0 Å². The normalized spacial score (nSPS) is 16.6. The number of rotatable bonds is 5. The van der Waals surface area contributed by atoms with E-state index in [1.807, 2.05) is 117 Å². The van der Waals surface area contributed by atoms with Crippen molar-refractivity contribution in [2.45, 2.75) is 13.5 Å². The summed E-state index contributed by atoms with van der Waals surface area (Å²) in [4.78, 5) is 19.6. The minimum absolute atomic E-state index is 0.515. The Morgan fingerprint density at radius 2 is 1.34 bits per heavy atom. The molecule has 2 aliphatic rings. The minimum Gasteiger partial charge on any atom is -0.315 e. The van der Waals surface area contributed by atoms with Crippen molar-refractivity contribution in [2.75, 3.05) is 9.80 Å². The van der Waals surface area contributed by atoms with Crippen molar-refractivity contribution < 1.29 is 0 Å². The van der Waals surface area contributed by atoms with E-state index in [1.165, 1.54) is 0 Å². The van der Waals surface area contributed by atoms with E-state index in [4.69, 9.17) is 15.0 Å². The molecular formula is C45H37N5. The van der Waals surface area contributed by atoms with E-state index in [9.17, 15) is 0 Å². The average molecular weight is 648 g/mol. The summed E-state index contributed by atoms with van der Waals surface area (Å²) in [5.41, 5.74) is 10.4. The highest BCUT2D eigenvalue weighted by Gasteiger charge is 2.26. The molecule has 7 rings (SSSR count). The fourth-order valence-electron chi connectivity index (χ4n) is 6.17. The van der Waals surface area contributed by atoms with E-state index in [2.05, 4.69) is 83.6 Å². The van der Waals surface area contributed by atoms with Gasteiger partial charge in [0, 0.05) is 52.1 Å². The average Bonchev–Trinajstić information content (AvgIpc) is 3.16. The number of amidine groups is 2. The van der Waals surface area contributed by atoms with Crippen LogP contribution in [0.25, 0.3) is 11.1 Å². The van der Waals surface area contributed by atoms with Crippen molar-refractivity contribution in [1.82, 2.24) is 0 Å². The maximum atomic E-state index is 5.20. The van der Waals surface area contributed by atoms with Crippen LogP contribution in [0.5, 0.6) is 0 Å². The second kappa shape index (κ2) is 14.7. The lowest BCUT2D eigenvalue weighted by atomic mass is 9.90. The molecule has 0 unspecified atom stereocenters. The molecule has 0 saturated heterocycles. The number of allylic oxidation sites excluding steroid dienone is 5. The number of hydrogen-bond donors (Lipinski definition) is 0. The van der Waals surface area contributed by atoms with E-state index in [0.717, 1.165) is 67.6 Å². The van der Waals surface area contributed by atoms with Crippen LogP contribution in [-0.2, 0) is 6.54 Å². The largest absolute Gasteiger partial charge is 0.315 e. The molecule has 0 saturated carbocycles.